The van der Waals surface area contributed by atoms with E-state index in [4.69, 9.17) is 11.6 Å². The first-order chi connectivity index (χ1) is 10.0. The number of hydrogen-bond donors (Lipinski definition) is 2. The van der Waals surface area contributed by atoms with Crippen LogP contribution in [0.15, 0.2) is 34.8 Å². The third-order valence-corrected chi connectivity index (χ3v) is 4.10. The third kappa shape index (κ3) is 3.74. The van der Waals surface area contributed by atoms with Crippen LogP contribution in [0, 0.1) is 6.92 Å². The van der Waals surface area contributed by atoms with Crippen LogP contribution in [0.4, 0.5) is 11.5 Å². The minimum absolute atomic E-state index is 0.203. The van der Waals surface area contributed by atoms with Crippen molar-refractivity contribution in [2.45, 2.75) is 13.8 Å². The van der Waals surface area contributed by atoms with Gasteiger partial charge in [0.25, 0.3) is 5.91 Å². The molecule has 21 heavy (non-hydrogen) atoms. The molecule has 0 saturated carbocycles. The molecule has 0 atom stereocenters. The van der Waals surface area contributed by atoms with Gasteiger partial charge in [-0.15, -0.1) is 0 Å². The Labute approximate surface area is 137 Å². The highest BCUT2D eigenvalue weighted by Gasteiger charge is 2.14. The predicted octanol–water partition coefficient (Wildman–Crippen LogP) is 4.49. The van der Waals surface area contributed by atoms with E-state index in [0.29, 0.717) is 10.8 Å². The Morgan fingerprint density at radius 1 is 1.33 bits per heavy atom. The predicted molar refractivity (Wildman–Crippen MR) is 90.2 cm³/mol. The molecule has 1 aromatic carbocycles. The molecular weight excluding hydrogens is 354 g/mol. The number of pyridine rings is 1. The lowest BCUT2D eigenvalue weighted by Gasteiger charge is -2.11. The molecule has 0 aliphatic rings. The summed E-state index contributed by atoms with van der Waals surface area (Å²) in [6.45, 7) is 4.60. The second kappa shape index (κ2) is 6.91. The quantitative estimate of drug-likeness (QED) is 0.836. The van der Waals surface area contributed by atoms with Gasteiger partial charge in [0, 0.05) is 16.7 Å². The van der Waals surface area contributed by atoms with E-state index in [1.165, 1.54) is 0 Å². The van der Waals surface area contributed by atoms with Gasteiger partial charge in [0.2, 0.25) is 0 Å². The Balaban J connectivity index is 2.28. The second-order valence-electron chi connectivity index (χ2n) is 4.42. The number of anilines is 2. The molecule has 0 fully saturated rings. The van der Waals surface area contributed by atoms with E-state index in [0.717, 1.165) is 22.3 Å². The number of carbonyl (C=O) groups is 1. The van der Waals surface area contributed by atoms with Gasteiger partial charge in [-0.25, -0.2) is 4.98 Å². The maximum absolute atomic E-state index is 12.4. The molecule has 6 heteroatoms. The maximum Gasteiger partial charge on any atom is 0.275 e. The fraction of sp³-hybridized carbons (Fsp3) is 0.200. The van der Waals surface area contributed by atoms with Crippen LogP contribution in [0.3, 0.4) is 0 Å². The van der Waals surface area contributed by atoms with Gasteiger partial charge in [-0.1, -0.05) is 33.6 Å². The van der Waals surface area contributed by atoms with Gasteiger partial charge >= 0.3 is 0 Å². The fourth-order valence-electron chi connectivity index (χ4n) is 1.81. The lowest BCUT2D eigenvalue weighted by atomic mass is 10.2. The van der Waals surface area contributed by atoms with Crippen molar-refractivity contribution in [1.82, 2.24) is 4.98 Å². The van der Waals surface area contributed by atoms with E-state index in [9.17, 15) is 4.79 Å². The second-order valence-corrected chi connectivity index (χ2v) is 5.69. The number of benzene rings is 1. The summed E-state index contributed by atoms with van der Waals surface area (Å²) in [5, 5.41) is 6.21. The molecule has 1 aromatic heterocycles. The van der Waals surface area contributed by atoms with Gasteiger partial charge in [0.05, 0.1) is 5.02 Å². The Bertz CT molecular complexity index is 676. The van der Waals surface area contributed by atoms with Crippen molar-refractivity contribution in [2.24, 2.45) is 0 Å². The summed E-state index contributed by atoms with van der Waals surface area (Å²) in [5.41, 5.74) is 1.88. The highest BCUT2D eigenvalue weighted by atomic mass is 79.9. The minimum Gasteiger partial charge on any atom is -0.370 e. The third-order valence-electron chi connectivity index (χ3n) is 2.93. The molecule has 0 aliphatic carbocycles. The molecule has 0 spiro atoms. The number of nitrogens with one attached hydrogen (secondary N) is 2. The van der Waals surface area contributed by atoms with Crippen LogP contribution in [0.1, 0.15) is 23.0 Å². The molecule has 0 aliphatic heterocycles. The number of halogens is 2. The van der Waals surface area contributed by atoms with Crippen molar-refractivity contribution in [3.63, 3.8) is 0 Å². The average Bonchev–Trinajstić information content (AvgIpc) is 2.46. The SMILES string of the molecule is CCNc1ccc(Cl)c(C(=O)Nc2cccc(Br)c2C)n1. The topological polar surface area (TPSA) is 54.0 Å². The van der Waals surface area contributed by atoms with Gasteiger partial charge in [-0.2, -0.15) is 0 Å². The van der Waals surface area contributed by atoms with Crippen molar-refractivity contribution >= 4 is 44.9 Å². The first-order valence-electron chi connectivity index (χ1n) is 6.49. The summed E-state index contributed by atoms with van der Waals surface area (Å²) in [5.74, 6) is 0.291. The normalized spacial score (nSPS) is 10.3. The molecule has 1 amide bonds. The average molecular weight is 369 g/mol. The summed E-state index contributed by atoms with van der Waals surface area (Å²) in [6.07, 6.45) is 0. The molecule has 0 bridgehead atoms. The van der Waals surface area contributed by atoms with Crippen molar-refractivity contribution in [2.75, 3.05) is 17.2 Å². The van der Waals surface area contributed by atoms with Crippen LogP contribution in [0.5, 0.6) is 0 Å². The maximum atomic E-state index is 12.4. The molecule has 2 aromatic rings. The Morgan fingerprint density at radius 3 is 2.81 bits per heavy atom. The number of rotatable bonds is 4. The van der Waals surface area contributed by atoms with Crippen LogP contribution in [-0.2, 0) is 0 Å². The molecule has 2 rings (SSSR count). The van der Waals surface area contributed by atoms with Gasteiger partial charge in [0.15, 0.2) is 0 Å². The van der Waals surface area contributed by atoms with E-state index in [1.807, 2.05) is 32.0 Å². The number of hydrogen-bond acceptors (Lipinski definition) is 3. The zero-order valence-corrected chi connectivity index (χ0v) is 14.0. The zero-order chi connectivity index (χ0) is 15.4. The van der Waals surface area contributed by atoms with E-state index in [1.54, 1.807) is 12.1 Å². The Morgan fingerprint density at radius 2 is 2.10 bits per heavy atom. The fourth-order valence-corrected chi connectivity index (χ4v) is 2.36. The van der Waals surface area contributed by atoms with Gasteiger partial charge in [-0.05, 0) is 43.7 Å². The lowest BCUT2D eigenvalue weighted by molar-refractivity contribution is 0.102. The van der Waals surface area contributed by atoms with Gasteiger partial charge < -0.3 is 10.6 Å². The summed E-state index contributed by atoms with van der Waals surface area (Å²) in [4.78, 5) is 16.6. The van der Waals surface area contributed by atoms with Crippen LogP contribution < -0.4 is 10.6 Å². The number of aromatic nitrogens is 1. The highest BCUT2D eigenvalue weighted by molar-refractivity contribution is 9.10. The molecule has 0 saturated heterocycles. The van der Waals surface area contributed by atoms with Crippen molar-refractivity contribution in [3.05, 3.63) is 51.1 Å². The van der Waals surface area contributed by atoms with Gasteiger partial charge in [-0.3, -0.25) is 4.79 Å². The minimum atomic E-state index is -0.332. The lowest BCUT2D eigenvalue weighted by Crippen LogP contribution is -2.16. The van der Waals surface area contributed by atoms with Crippen molar-refractivity contribution in [1.29, 1.82) is 0 Å². The number of nitrogens with zero attached hydrogens (tertiary/aromatic N) is 1. The highest BCUT2D eigenvalue weighted by Crippen LogP contribution is 2.25. The van der Waals surface area contributed by atoms with Gasteiger partial charge in [0.1, 0.15) is 11.5 Å². The molecular formula is C15H15BrClN3O. The molecule has 1 heterocycles. The number of carbonyl (C=O) groups excluding carboxylic acids is 1. The standard InChI is InChI=1S/C15H15BrClN3O/c1-3-18-13-8-7-11(17)14(20-13)15(21)19-12-6-4-5-10(16)9(12)2/h4-8H,3H2,1-2H3,(H,18,20)(H,19,21). The smallest absolute Gasteiger partial charge is 0.275 e. The van der Waals surface area contributed by atoms with Crippen LogP contribution in [0.2, 0.25) is 5.02 Å². The van der Waals surface area contributed by atoms with Crippen LogP contribution in [0.25, 0.3) is 0 Å². The Kier molecular flexibility index (Phi) is 5.20. The zero-order valence-electron chi connectivity index (χ0n) is 11.7. The summed E-state index contributed by atoms with van der Waals surface area (Å²) >= 11 is 9.50. The van der Waals surface area contributed by atoms with E-state index in [2.05, 4.69) is 31.5 Å². The van der Waals surface area contributed by atoms with Crippen molar-refractivity contribution in [3.8, 4) is 0 Å². The Hall–Kier alpha value is -1.59. The largest absolute Gasteiger partial charge is 0.370 e. The van der Waals surface area contributed by atoms with E-state index in [-0.39, 0.29) is 11.6 Å². The molecule has 2 N–H and O–H groups in total. The molecule has 0 radical (unpaired) electrons. The van der Waals surface area contributed by atoms with Crippen LogP contribution in [-0.4, -0.2) is 17.4 Å². The summed E-state index contributed by atoms with van der Waals surface area (Å²) in [7, 11) is 0. The number of amides is 1. The van der Waals surface area contributed by atoms with E-state index < -0.39 is 0 Å². The summed E-state index contributed by atoms with van der Waals surface area (Å²) in [6, 6.07) is 9.01. The molecule has 4 nitrogen and oxygen atoms in total. The first kappa shape index (κ1) is 15.8. The van der Waals surface area contributed by atoms with Crippen molar-refractivity contribution < 1.29 is 4.79 Å². The van der Waals surface area contributed by atoms with Crippen LogP contribution >= 0.6 is 27.5 Å². The monoisotopic (exact) mass is 367 g/mol. The molecule has 110 valence electrons. The summed E-state index contributed by atoms with van der Waals surface area (Å²) < 4.78 is 0.931. The molecule has 0 unspecified atom stereocenters. The first-order valence-corrected chi connectivity index (χ1v) is 7.67. The van der Waals surface area contributed by atoms with E-state index >= 15 is 0 Å².